The predicted molar refractivity (Wildman–Crippen MR) is 71.9 cm³/mol. The lowest BCUT2D eigenvalue weighted by atomic mass is 9.98. The highest BCUT2D eigenvalue weighted by molar-refractivity contribution is 5.78. The van der Waals surface area contributed by atoms with E-state index in [1.165, 1.54) is 12.8 Å². The lowest BCUT2D eigenvalue weighted by molar-refractivity contribution is -0.121. The van der Waals surface area contributed by atoms with Gasteiger partial charge < -0.3 is 10.6 Å². The lowest BCUT2D eigenvalue weighted by Gasteiger charge is -2.20. The van der Waals surface area contributed by atoms with Gasteiger partial charge in [0, 0.05) is 12.1 Å². The SMILES string of the molecule is CCC(CC)NC(=O)CNC1CCC(C)C1C. The number of carbonyl (C=O) groups is 1. The Morgan fingerprint density at radius 2 is 1.88 bits per heavy atom. The molecule has 0 bridgehead atoms. The first-order valence-corrected chi connectivity index (χ1v) is 7.11. The first kappa shape index (κ1) is 14.5. The number of rotatable bonds is 6. The molecule has 3 nitrogen and oxygen atoms in total. The van der Waals surface area contributed by atoms with E-state index in [4.69, 9.17) is 0 Å². The van der Waals surface area contributed by atoms with Crippen LogP contribution in [0.15, 0.2) is 0 Å². The minimum Gasteiger partial charge on any atom is -0.352 e. The van der Waals surface area contributed by atoms with E-state index in [1.807, 2.05) is 0 Å². The highest BCUT2D eigenvalue weighted by atomic mass is 16.1. The minimum atomic E-state index is 0.144. The second kappa shape index (κ2) is 7.00. The van der Waals surface area contributed by atoms with Crippen molar-refractivity contribution in [1.82, 2.24) is 10.6 Å². The third kappa shape index (κ3) is 4.30. The van der Waals surface area contributed by atoms with E-state index in [9.17, 15) is 4.79 Å². The van der Waals surface area contributed by atoms with Gasteiger partial charge in [-0.05, 0) is 37.5 Å². The van der Waals surface area contributed by atoms with Crippen LogP contribution in [0.2, 0.25) is 0 Å². The lowest BCUT2D eigenvalue weighted by Crippen LogP contribution is -2.43. The fraction of sp³-hybridized carbons (Fsp3) is 0.929. The summed E-state index contributed by atoms with van der Waals surface area (Å²) in [5, 5.41) is 6.47. The third-order valence-corrected chi connectivity index (χ3v) is 4.34. The molecule has 1 amide bonds. The number of carbonyl (C=O) groups excluding carboxylic acids is 1. The summed E-state index contributed by atoms with van der Waals surface area (Å²) in [6, 6.07) is 0.863. The molecule has 100 valence electrons. The van der Waals surface area contributed by atoms with E-state index in [1.54, 1.807) is 0 Å². The average Bonchev–Trinajstić information content (AvgIpc) is 2.64. The van der Waals surface area contributed by atoms with Crippen molar-refractivity contribution in [3.8, 4) is 0 Å². The largest absolute Gasteiger partial charge is 0.352 e. The Bertz CT molecular complexity index is 238. The number of nitrogens with one attached hydrogen (secondary N) is 2. The van der Waals surface area contributed by atoms with Crippen molar-refractivity contribution in [2.75, 3.05) is 6.54 Å². The molecule has 0 radical (unpaired) electrons. The molecule has 3 atom stereocenters. The van der Waals surface area contributed by atoms with Crippen molar-refractivity contribution in [2.24, 2.45) is 11.8 Å². The zero-order chi connectivity index (χ0) is 12.8. The second-order valence-electron chi connectivity index (χ2n) is 5.48. The van der Waals surface area contributed by atoms with Crippen molar-refractivity contribution >= 4 is 5.91 Å². The van der Waals surface area contributed by atoms with E-state index in [0.29, 0.717) is 24.5 Å². The van der Waals surface area contributed by atoms with Gasteiger partial charge in [-0.3, -0.25) is 4.79 Å². The third-order valence-electron chi connectivity index (χ3n) is 4.34. The molecule has 3 unspecified atom stereocenters. The zero-order valence-corrected chi connectivity index (χ0v) is 11.8. The van der Waals surface area contributed by atoms with Crippen LogP contribution in [-0.2, 0) is 4.79 Å². The van der Waals surface area contributed by atoms with Gasteiger partial charge in [0.1, 0.15) is 0 Å². The van der Waals surface area contributed by atoms with Crippen LogP contribution in [0.25, 0.3) is 0 Å². The molecular formula is C14H28N2O. The zero-order valence-electron chi connectivity index (χ0n) is 11.8. The summed E-state index contributed by atoms with van der Waals surface area (Å²) in [5.74, 6) is 1.62. The Morgan fingerprint density at radius 3 is 2.35 bits per heavy atom. The predicted octanol–water partition coefficient (Wildman–Crippen LogP) is 2.32. The van der Waals surface area contributed by atoms with Gasteiger partial charge >= 0.3 is 0 Å². The number of hydrogen-bond acceptors (Lipinski definition) is 2. The summed E-state index contributed by atoms with van der Waals surface area (Å²) in [6.45, 7) is 9.29. The Labute approximate surface area is 106 Å². The van der Waals surface area contributed by atoms with E-state index in [-0.39, 0.29) is 5.91 Å². The maximum absolute atomic E-state index is 11.7. The molecule has 1 fully saturated rings. The van der Waals surface area contributed by atoms with Gasteiger partial charge in [-0.25, -0.2) is 0 Å². The number of amides is 1. The highest BCUT2D eigenvalue weighted by Gasteiger charge is 2.29. The van der Waals surface area contributed by atoms with E-state index < -0.39 is 0 Å². The molecule has 0 spiro atoms. The molecule has 0 saturated heterocycles. The molecule has 0 heterocycles. The summed E-state index contributed by atoms with van der Waals surface area (Å²) >= 11 is 0. The van der Waals surface area contributed by atoms with Crippen molar-refractivity contribution < 1.29 is 4.79 Å². The fourth-order valence-electron chi connectivity index (χ4n) is 2.65. The van der Waals surface area contributed by atoms with Crippen LogP contribution in [-0.4, -0.2) is 24.5 Å². The molecule has 1 saturated carbocycles. The molecular weight excluding hydrogens is 212 g/mol. The van der Waals surface area contributed by atoms with Gasteiger partial charge in [-0.1, -0.05) is 27.7 Å². The molecule has 0 aliphatic heterocycles. The molecule has 2 N–H and O–H groups in total. The Balaban J connectivity index is 2.24. The number of hydrogen-bond donors (Lipinski definition) is 2. The molecule has 0 aromatic heterocycles. The molecule has 0 aromatic rings. The monoisotopic (exact) mass is 240 g/mol. The molecule has 1 aliphatic carbocycles. The normalized spacial score (nSPS) is 28.6. The average molecular weight is 240 g/mol. The van der Waals surface area contributed by atoms with E-state index >= 15 is 0 Å². The van der Waals surface area contributed by atoms with Gasteiger partial charge in [-0.2, -0.15) is 0 Å². The van der Waals surface area contributed by atoms with Crippen LogP contribution in [0.5, 0.6) is 0 Å². The van der Waals surface area contributed by atoms with Gasteiger partial charge in [0.25, 0.3) is 0 Å². The smallest absolute Gasteiger partial charge is 0.234 e. The summed E-state index contributed by atoms with van der Waals surface area (Å²) in [5.41, 5.74) is 0. The second-order valence-corrected chi connectivity index (χ2v) is 5.48. The minimum absolute atomic E-state index is 0.144. The highest BCUT2D eigenvalue weighted by Crippen LogP contribution is 2.30. The standard InChI is InChI=1S/C14H28N2O/c1-5-12(6-2)16-14(17)9-15-13-8-7-10(3)11(13)4/h10-13,15H,5-9H2,1-4H3,(H,16,17). The quantitative estimate of drug-likeness (QED) is 0.748. The topological polar surface area (TPSA) is 41.1 Å². The summed E-state index contributed by atoms with van der Waals surface area (Å²) in [6.07, 6.45) is 4.52. The van der Waals surface area contributed by atoms with Crippen molar-refractivity contribution in [1.29, 1.82) is 0 Å². The van der Waals surface area contributed by atoms with E-state index in [2.05, 4.69) is 38.3 Å². The van der Waals surface area contributed by atoms with Crippen molar-refractivity contribution in [3.63, 3.8) is 0 Å². The van der Waals surface area contributed by atoms with Gasteiger partial charge in [0.15, 0.2) is 0 Å². The fourth-order valence-corrected chi connectivity index (χ4v) is 2.65. The maximum atomic E-state index is 11.7. The first-order chi connectivity index (χ1) is 8.08. The van der Waals surface area contributed by atoms with Crippen LogP contribution >= 0.6 is 0 Å². The van der Waals surface area contributed by atoms with Crippen LogP contribution < -0.4 is 10.6 Å². The van der Waals surface area contributed by atoms with Crippen LogP contribution in [0.4, 0.5) is 0 Å². The Hall–Kier alpha value is -0.570. The first-order valence-electron chi connectivity index (χ1n) is 7.11. The summed E-state index contributed by atoms with van der Waals surface area (Å²) in [7, 11) is 0. The summed E-state index contributed by atoms with van der Waals surface area (Å²) in [4.78, 5) is 11.7. The molecule has 3 heteroatoms. The molecule has 0 aromatic carbocycles. The van der Waals surface area contributed by atoms with Crippen LogP contribution in [0, 0.1) is 11.8 Å². The van der Waals surface area contributed by atoms with Gasteiger partial charge in [0.2, 0.25) is 5.91 Å². The van der Waals surface area contributed by atoms with Crippen molar-refractivity contribution in [2.45, 2.75) is 65.5 Å². The maximum Gasteiger partial charge on any atom is 0.234 e. The van der Waals surface area contributed by atoms with Crippen molar-refractivity contribution in [3.05, 3.63) is 0 Å². The Kier molecular flexibility index (Phi) is 5.96. The molecule has 1 rings (SSSR count). The molecule has 1 aliphatic rings. The summed E-state index contributed by atoms with van der Waals surface area (Å²) < 4.78 is 0. The van der Waals surface area contributed by atoms with Gasteiger partial charge in [-0.15, -0.1) is 0 Å². The Morgan fingerprint density at radius 1 is 1.24 bits per heavy atom. The molecule has 17 heavy (non-hydrogen) atoms. The van der Waals surface area contributed by atoms with Gasteiger partial charge in [0.05, 0.1) is 6.54 Å². The van der Waals surface area contributed by atoms with Crippen LogP contribution in [0.3, 0.4) is 0 Å². The van der Waals surface area contributed by atoms with Crippen LogP contribution in [0.1, 0.15) is 53.4 Å². The van der Waals surface area contributed by atoms with E-state index in [0.717, 1.165) is 18.8 Å².